The minimum absolute atomic E-state index is 0.0180. The number of fused-ring (bicyclic) bond motifs is 4. The average molecular weight is 795 g/mol. The topological polar surface area (TPSA) is 104 Å². The number of phenols is 1. The van der Waals surface area contributed by atoms with Gasteiger partial charge in [-0.2, -0.15) is 23.1 Å². The Bertz CT molecular complexity index is 2320. The lowest BCUT2D eigenvalue weighted by molar-refractivity contribution is -0.200. The van der Waals surface area contributed by atoms with Crippen LogP contribution in [0.5, 0.6) is 17.6 Å². The number of hydrogen-bond acceptors (Lipinski definition) is 9. The Morgan fingerprint density at radius 3 is 2.32 bits per heavy atom. The molecule has 5 aliphatic rings. The van der Waals surface area contributed by atoms with E-state index >= 15 is 8.78 Å². The molecular formula is C41H40F6N6O4. The van der Waals surface area contributed by atoms with E-state index in [1.807, 2.05) is 0 Å². The van der Waals surface area contributed by atoms with E-state index in [0.29, 0.717) is 50.7 Å². The second kappa shape index (κ2) is 13.5. The number of piperidine rings is 1. The molecule has 2 saturated carbocycles. The van der Waals surface area contributed by atoms with Gasteiger partial charge in [0.25, 0.3) is 0 Å². The lowest BCUT2D eigenvalue weighted by Gasteiger charge is -2.43. The van der Waals surface area contributed by atoms with Crippen LogP contribution in [-0.2, 0) is 4.79 Å². The highest BCUT2D eigenvalue weighted by atomic mass is 19.4. The Hall–Kier alpha value is -5.04. The third-order valence-corrected chi connectivity index (χ3v) is 12.6. The number of alkyl halides is 4. The molecule has 3 saturated heterocycles. The van der Waals surface area contributed by atoms with Crippen LogP contribution in [0.1, 0.15) is 56.9 Å². The van der Waals surface area contributed by atoms with Gasteiger partial charge in [-0.25, -0.2) is 18.2 Å². The van der Waals surface area contributed by atoms with E-state index in [2.05, 4.69) is 20.8 Å². The van der Waals surface area contributed by atoms with Crippen LogP contribution in [0.2, 0.25) is 0 Å². The molecule has 0 spiro atoms. The molecule has 2 unspecified atom stereocenters. The van der Waals surface area contributed by atoms with Gasteiger partial charge in [-0.05, 0) is 75.0 Å². The minimum Gasteiger partial charge on any atom is -0.508 e. The minimum atomic E-state index is -4.65. The summed E-state index contributed by atoms with van der Waals surface area (Å²) >= 11 is 0. The average Bonchev–Trinajstić information content (AvgIpc) is 4.12. The molecule has 10 nitrogen and oxygen atoms in total. The van der Waals surface area contributed by atoms with Crippen molar-refractivity contribution in [1.82, 2.24) is 24.8 Å². The number of aromatic hydroxyl groups is 1. The highest BCUT2D eigenvalue weighted by molar-refractivity contribution is 6.04. The molecular weight excluding hydrogens is 754 g/mol. The number of phenolic OH excluding ortho intramolecular Hbond substituents is 1. The second-order valence-electron chi connectivity index (χ2n) is 16.3. The predicted octanol–water partition coefficient (Wildman–Crippen LogP) is 6.93. The van der Waals surface area contributed by atoms with Crippen LogP contribution >= 0.6 is 0 Å². The number of pyridine rings is 1. The first-order valence-corrected chi connectivity index (χ1v) is 19.3. The van der Waals surface area contributed by atoms with Gasteiger partial charge in [-0.3, -0.25) is 4.79 Å². The maximum atomic E-state index is 17.3. The third-order valence-electron chi connectivity index (χ3n) is 12.6. The summed E-state index contributed by atoms with van der Waals surface area (Å²) in [5, 5.41) is 11.2. The van der Waals surface area contributed by atoms with E-state index in [9.17, 15) is 27.5 Å². The molecule has 0 radical (unpaired) electrons. The fourth-order valence-electron chi connectivity index (χ4n) is 9.15. The van der Waals surface area contributed by atoms with Crippen LogP contribution in [0.4, 0.5) is 32.2 Å². The van der Waals surface area contributed by atoms with Gasteiger partial charge in [-0.15, -0.1) is 6.42 Å². The number of anilines is 1. The maximum Gasteiger partial charge on any atom is 0.403 e. The standard InChI is InChI=1S/C41H40F6N6O4/c1-3-27-29(43)7-4-22-16-26(54)17-28(30(22)27)33-32(44)34-31(36(48-33)56-2)35(50-38(49-34)57-21-39(10-11-39)20-51-14-8-23(42)9-15-51)52-18-24-5-6-25(19-52)53(24)37(55)40(12-13-40)41(45,46)47/h1,4,7,16-17,23-25,54H,5-6,8-15,18-21H2,2H3. The van der Waals surface area contributed by atoms with Gasteiger partial charge in [0.15, 0.2) is 5.82 Å². The smallest absolute Gasteiger partial charge is 0.403 e. The zero-order valence-corrected chi connectivity index (χ0v) is 31.1. The van der Waals surface area contributed by atoms with Crippen molar-refractivity contribution >= 4 is 33.4 Å². The first-order valence-electron chi connectivity index (χ1n) is 19.3. The summed E-state index contributed by atoms with van der Waals surface area (Å²) in [6.07, 6.45) is 3.37. The Kier molecular flexibility index (Phi) is 8.91. The molecule has 2 aromatic carbocycles. The molecule has 3 aliphatic heterocycles. The van der Waals surface area contributed by atoms with Crippen molar-refractivity contribution in [3.8, 4) is 41.2 Å². The molecule has 5 fully saturated rings. The number of likely N-dealkylation sites (tertiary alicyclic amines) is 1. The molecule has 2 aliphatic carbocycles. The summed E-state index contributed by atoms with van der Waals surface area (Å²) < 4.78 is 101. The van der Waals surface area contributed by atoms with E-state index in [-0.39, 0.29) is 94.5 Å². The van der Waals surface area contributed by atoms with E-state index in [1.165, 1.54) is 30.2 Å². The fraction of sp³-hybridized carbons (Fsp3) is 0.512. The van der Waals surface area contributed by atoms with Crippen molar-refractivity contribution in [1.29, 1.82) is 0 Å². The highest BCUT2D eigenvalue weighted by Crippen LogP contribution is 2.60. The fourth-order valence-corrected chi connectivity index (χ4v) is 9.15. The summed E-state index contributed by atoms with van der Waals surface area (Å²) in [4.78, 5) is 32.8. The molecule has 1 N–H and O–H groups in total. The summed E-state index contributed by atoms with van der Waals surface area (Å²) in [7, 11) is 1.32. The van der Waals surface area contributed by atoms with Gasteiger partial charge in [0.2, 0.25) is 11.8 Å². The number of terminal acetylenes is 1. The van der Waals surface area contributed by atoms with Crippen molar-refractivity contribution < 1.29 is 45.7 Å². The Balaban J connectivity index is 1.14. The molecule has 9 rings (SSSR count). The third kappa shape index (κ3) is 6.33. The van der Waals surface area contributed by atoms with Crippen LogP contribution in [0.15, 0.2) is 24.3 Å². The number of nitrogens with zero attached hydrogens (tertiary/aromatic N) is 6. The van der Waals surface area contributed by atoms with E-state index in [1.54, 1.807) is 4.90 Å². The van der Waals surface area contributed by atoms with Crippen molar-refractivity contribution in [2.24, 2.45) is 10.8 Å². The maximum absolute atomic E-state index is 17.3. The van der Waals surface area contributed by atoms with Gasteiger partial charge in [0, 0.05) is 61.2 Å². The summed E-state index contributed by atoms with van der Waals surface area (Å²) in [5.41, 5.74) is -3.38. The number of aromatic nitrogens is 3. The zero-order valence-electron chi connectivity index (χ0n) is 31.1. The largest absolute Gasteiger partial charge is 0.508 e. The number of benzene rings is 2. The normalized spacial score (nSPS) is 22.8. The van der Waals surface area contributed by atoms with Crippen LogP contribution in [0, 0.1) is 34.8 Å². The van der Waals surface area contributed by atoms with Gasteiger partial charge < -0.3 is 29.3 Å². The lowest BCUT2D eigenvalue weighted by atomic mass is 9.95. The number of carbonyl (C=O) groups excluding carboxylic acids is 1. The lowest BCUT2D eigenvalue weighted by Crippen LogP contribution is -2.59. The molecule has 2 aromatic heterocycles. The van der Waals surface area contributed by atoms with Crippen molar-refractivity contribution in [3.63, 3.8) is 0 Å². The van der Waals surface area contributed by atoms with Crippen molar-refractivity contribution in [2.75, 3.05) is 51.3 Å². The summed E-state index contributed by atoms with van der Waals surface area (Å²) in [6.45, 7) is 2.36. The van der Waals surface area contributed by atoms with Crippen LogP contribution in [0.3, 0.4) is 0 Å². The van der Waals surface area contributed by atoms with Crippen molar-refractivity contribution in [2.45, 2.75) is 75.8 Å². The number of hydrogen-bond donors (Lipinski definition) is 1. The zero-order chi connectivity index (χ0) is 40.0. The monoisotopic (exact) mass is 794 g/mol. The highest BCUT2D eigenvalue weighted by Gasteiger charge is 2.70. The van der Waals surface area contributed by atoms with Gasteiger partial charge in [0.1, 0.15) is 45.6 Å². The second-order valence-corrected chi connectivity index (χ2v) is 16.3. The molecule has 16 heteroatoms. The summed E-state index contributed by atoms with van der Waals surface area (Å²) in [6, 6.07) is 3.86. The first-order chi connectivity index (χ1) is 27.2. The molecule has 57 heavy (non-hydrogen) atoms. The molecule has 300 valence electrons. The van der Waals surface area contributed by atoms with Crippen LogP contribution in [0.25, 0.3) is 32.9 Å². The predicted molar refractivity (Wildman–Crippen MR) is 198 cm³/mol. The quantitative estimate of drug-likeness (QED) is 0.143. The van der Waals surface area contributed by atoms with Gasteiger partial charge in [-0.1, -0.05) is 12.0 Å². The number of carbonyl (C=O) groups is 1. The number of piperazine rings is 1. The molecule has 2 bridgehead atoms. The SMILES string of the molecule is C#Cc1c(F)ccc2cc(O)cc(-c3nc(OC)c4c(N5CC6CCC(C5)N6C(=O)C5(C(F)(F)F)CC5)nc(OCC5(CN6CCC(F)CC6)CC5)nc4c3F)c12. The molecule has 5 heterocycles. The number of rotatable bonds is 9. The van der Waals surface area contributed by atoms with Gasteiger partial charge >= 0.3 is 12.2 Å². The van der Waals surface area contributed by atoms with Crippen LogP contribution in [-0.4, -0.2) is 107 Å². The van der Waals surface area contributed by atoms with E-state index in [4.69, 9.17) is 20.9 Å². The Morgan fingerprint density at radius 1 is 1.00 bits per heavy atom. The van der Waals surface area contributed by atoms with Crippen molar-refractivity contribution in [3.05, 3.63) is 41.5 Å². The van der Waals surface area contributed by atoms with Crippen LogP contribution < -0.4 is 14.4 Å². The van der Waals surface area contributed by atoms with E-state index in [0.717, 1.165) is 18.9 Å². The number of amides is 1. The number of ether oxygens (including phenoxy) is 2. The van der Waals surface area contributed by atoms with E-state index < -0.39 is 47.4 Å². The number of halogens is 6. The summed E-state index contributed by atoms with van der Waals surface area (Å²) in [5.74, 6) is -0.487. The first kappa shape index (κ1) is 37.5. The van der Waals surface area contributed by atoms with Gasteiger partial charge in [0.05, 0.1) is 19.3 Å². The number of methoxy groups -OCH3 is 1. The Morgan fingerprint density at radius 2 is 1.70 bits per heavy atom. The Labute approximate surface area is 324 Å². The molecule has 4 aromatic rings. The molecule has 2 atom stereocenters. The molecule has 1 amide bonds.